The van der Waals surface area contributed by atoms with Crippen molar-refractivity contribution in [1.29, 1.82) is 0 Å². The number of thioether (sulfide) groups is 1. The molecule has 0 fully saturated rings. The predicted molar refractivity (Wildman–Crippen MR) is 71.8 cm³/mol. The summed E-state index contributed by atoms with van der Waals surface area (Å²) in [5, 5.41) is 10.5. The van der Waals surface area contributed by atoms with Gasteiger partial charge in [0, 0.05) is 23.3 Å². The monoisotopic (exact) mass is 250 g/mol. The number of rotatable bonds is 3. The topological polar surface area (TPSA) is 37.3 Å². The zero-order chi connectivity index (χ0) is 12.4. The minimum Gasteiger partial charge on any atom is -0.508 e. The summed E-state index contributed by atoms with van der Waals surface area (Å²) in [6.07, 6.45) is 2.48. The maximum atomic E-state index is 11.8. The van der Waals surface area contributed by atoms with Crippen LogP contribution in [-0.2, 0) is 12.2 Å². The van der Waals surface area contributed by atoms with Crippen LogP contribution in [0.4, 0.5) is 0 Å². The Morgan fingerprint density at radius 3 is 2.82 bits per heavy atom. The average Bonchev–Trinajstić information content (AvgIpc) is 2.27. The highest BCUT2D eigenvalue weighted by atomic mass is 32.2. The lowest BCUT2D eigenvalue weighted by Gasteiger charge is -2.19. The van der Waals surface area contributed by atoms with Gasteiger partial charge in [-0.1, -0.05) is 13.8 Å². The van der Waals surface area contributed by atoms with Crippen molar-refractivity contribution in [3.8, 4) is 5.75 Å². The summed E-state index contributed by atoms with van der Waals surface area (Å²) >= 11 is 1.80. The van der Waals surface area contributed by atoms with E-state index in [1.54, 1.807) is 23.9 Å². The highest BCUT2D eigenvalue weighted by Crippen LogP contribution is 2.33. The number of hydrogen-bond acceptors (Lipinski definition) is 3. The average molecular weight is 250 g/mol. The first kappa shape index (κ1) is 12.5. The molecule has 0 aliphatic heterocycles. The van der Waals surface area contributed by atoms with Gasteiger partial charge in [0.1, 0.15) is 5.75 Å². The zero-order valence-corrected chi connectivity index (χ0v) is 11.1. The molecular weight excluding hydrogens is 232 g/mol. The first-order chi connectivity index (χ1) is 8.09. The molecule has 3 heteroatoms. The number of hydrogen-bond donors (Lipinski definition) is 1. The highest BCUT2D eigenvalue weighted by molar-refractivity contribution is 7.99. The van der Waals surface area contributed by atoms with Gasteiger partial charge in [-0.2, -0.15) is 11.8 Å². The van der Waals surface area contributed by atoms with E-state index in [0.717, 1.165) is 35.3 Å². The third-order valence-corrected chi connectivity index (χ3v) is 4.22. The summed E-state index contributed by atoms with van der Waals surface area (Å²) in [6.45, 7) is 4.28. The number of Topliss-reactive ketones (excluding diaryl/α,β-unsaturated/α-hetero) is 1. The normalized spacial score (nSPS) is 15.1. The Balaban J connectivity index is 2.36. The molecule has 1 aromatic carbocycles. The van der Waals surface area contributed by atoms with E-state index >= 15 is 0 Å². The molecule has 0 unspecified atom stereocenters. The maximum absolute atomic E-state index is 11.8. The van der Waals surface area contributed by atoms with Crippen LogP contribution in [0.2, 0.25) is 0 Å². The summed E-state index contributed by atoms with van der Waals surface area (Å²) < 4.78 is 0. The van der Waals surface area contributed by atoms with Crippen LogP contribution in [-0.4, -0.2) is 16.1 Å². The van der Waals surface area contributed by atoms with E-state index in [2.05, 4.69) is 13.8 Å². The van der Waals surface area contributed by atoms with Crippen LogP contribution < -0.4 is 0 Å². The minimum atomic E-state index is 0.224. The van der Waals surface area contributed by atoms with Crippen LogP contribution in [0.1, 0.15) is 48.2 Å². The number of carbonyl (C=O) groups excluding carboxylic acids is 1. The fourth-order valence-electron chi connectivity index (χ4n) is 2.20. The van der Waals surface area contributed by atoms with Gasteiger partial charge in [0.05, 0.1) is 0 Å². The maximum Gasteiger partial charge on any atom is 0.163 e. The molecule has 0 saturated carbocycles. The SMILES string of the molecule is CC(C)SCc1c(O)ccc2c1CCCC2=O. The van der Waals surface area contributed by atoms with Crippen LogP contribution >= 0.6 is 11.8 Å². The van der Waals surface area contributed by atoms with Gasteiger partial charge in [-0.05, 0) is 35.8 Å². The van der Waals surface area contributed by atoms with Crippen molar-refractivity contribution in [2.75, 3.05) is 0 Å². The van der Waals surface area contributed by atoms with Gasteiger partial charge in [0.25, 0.3) is 0 Å². The Kier molecular flexibility index (Phi) is 3.77. The molecule has 1 aromatic rings. The molecule has 17 heavy (non-hydrogen) atoms. The third-order valence-electron chi connectivity index (χ3n) is 3.10. The van der Waals surface area contributed by atoms with E-state index in [4.69, 9.17) is 0 Å². The van der Waals surface area contributed by atoms with E-state index in [1.165, 1.54) is 0 Å². The smallest absolute Gasteiger partial charge is 0.163 e. The first-order valence-corrected chi connectivity index (χ1v) is 7.13. The lowest BCUT2D eigenvalue weighted by molar-refractivity contribution is 0.0972. The summed E-state index contributed by atoms with van der Waals surface area (Å²) in [5.74, 6) is 1.36. The van der Waals surface area contributed by atoms with Crippen molar-refractivity contribution in [1.82, 2.24) is 0 Å². The van der Waals surface area contributed by atoms with Gasteiger partial charge in [0.15, 0.2) is 5.78 Å². The van der Waals surface area contributed by atoms with E-state index < -0.39 is 0 Å². The van der Waals surface area contributed by atoms with E-state index in [0.29, 0.717) is 17.4 Å². The number of carbonyl (C=O) groups is 1. The summed E-state index contributed by atoms with van der Waals surface area (Å²) in [6, 6.07) is 3.44. The second-order valence-corrected chi connectivity index (χ2v) is 6.29. The Morgan fingerprint density at radius 1 is 1.35 bits per heavy atom. The highest BCUT2D eigenvalue weighted by Gasteiger charge is 2.21. The molecule has 0 atom stereocenters. The molecule has 0 saturated heterocycles. The van der Waals surface area contributed by atoms with Crippen LogP contribution in [0.3, 0.4) is 0 Å². The Bertz CT molecular complexity index is 438. The van der Waals surface area contributed by atoms with Crippen molar-refractivity contribution in [3.05, 3.63) is 28.8 Å². The fraction of sp³-hybridized carbons (Fsp3) is 0.500. The molecule has 1 aliphatic rings. The first-order valence-electron chi connectivity index (χ1n) is 6.08. The second kappa shape index (κ2) is 5.13. The molecule has 0 radical (unpaired) electrons. The van der Waals surface area contributed by atoms with Crippen LogP contribution in [0.25, 0.3) is 0 Å². The van der Waals surface area contributed by atoms with Gasteiger partial charge in [-0.15, -0.1) is 0 Å². The van der Waals surface area contributed by atoms with Crippen molar-refractivity contribution in [2.24, 2.45) is 0 Å². The quantitative estimate of drug-likeness (QED) is 0.891. The lowest BCUT2D eigenvalue weighted by atomic mass is 9.87. The summed E-state index contributed by atoms with van der Waals surface area (Å²) in [5.41, 5.74) is 2.87. The van der Waals surface area contributed by atoms with E-state index in [1.807, 2.05) is 0 Å². The molecule has 2 rings (SSSR count). The van der Waals surface area contributed by atoms with Crippen LogP contribution in [0.15, 0.2) is 12.1 Å². The molecule has 1 aliphatic carbocycles. The lowest BCUT2D eigenvalue weighted by Crippen LogP contribution is -2.13. The molecule has 0 spiro atoms. The van der Waals surface area contributed by atoms with E-state index in [-0.39, 0.29) is 5.78 Å². The number of phenolic OH excluding ortho intramolecular Hbond substituents is 1. The molecule has 0 amide bonds. The number of ketones is 1. The largest absolute Gasteiger partial charge is 0.508 e. The molecule has 2 nitrogen and oxygen atoms in total. The van der Waals surface area contributed by atoms with Gasteiger partial charge in [0.2, 0.25) is 0 Å². The van der Waals surface area contributed by atoms with Gasteiger partial charge in [-0.25, -0.2) is 0 Å². The number of aromatic hydroxyl groups is 1. The van der Waals surface area contributed by atoms with Gasteiger partial charge >= 0.3 is 0 Å². The minimum absolute atomic E-state index is 0.224. The Hall–Kier alpha value is -0.960. The predicted octanol–water partition coefficient (Wildman–Crippen LogP) is 3.55. The van der Waals surface area contributed by atoms with Crippen LogP contribution in [0, 0.1) is 0 Å². The standard InChI is InChI=1S/C14H18O2S/c1-9(2)17-8-12-10-4-3-5-13(15)11(10)6-7-14(12)16/h6-7,9,16H,3-5,8H2,1-2H3. The summed E-state index contributed by atoms with van der Waals surface area (Å²) in [4.78, 5) is 11.8. The molecule has 0 aromatic heterocycles. The van der Waals surface area contributed by atoms with Crippen molar-refractivity contribution in [2.45, 2.75) is 44.1 Å². The molecule has 1 N–H and O–H groups in total. The van der Waals surface area contributed by atoms with Crippen LogP contribution in [0.5, 0.6) is 5.75 Å². The van der Waals surface area contributed by atoms with Crippen molar-refractivity contribution >= 4 is 17.5 Å². The van der Waals surface area contributed by atoms with Crippen molar-refractivity contribution < 1.29 is 9.90 Å². The molecular formula is C14H18O2S. The third kappa shape index (κ3) is 2.65. The number of fused-ring (bicyclic) bond motifs is 1. The number of phenols is 1. The second-order valence-electron chi connectivity index (χ2n) is 4.73. The number of benzene rings is 1. The molecule has 0 heterocycles. The van der Waals surface area contributed by atoms with E-state index in [9.17, 15) is 9.90 Å². The molecule has 0 bridgehead atoms. The zero-order valence-electron chi connectivity index (χ0n) is 10.3. The Labute approximate surface area is 106 Å². The fourth-order valence-corrected chi connectivity index (χ4v) is 3.02. The molecule has 92 valence electrons. The van der Waals surface area contributed by atoms with Gasteiger partial charge in [-0.3, -0.25) is 4.79 Å². The Morgan fingerprint density at radius 2 is 2.12 bits per heavy atom. The van der Waals surface area contributed by atoms with Crippen molar-refractivity contribution in [3.63, 3.8) is 0 Å². The summed E-state index contributed by atoms with van der Waals surface area (Å²) in [7, 11) is 0. The van der Waals surface area contributed by atoms with Gasteiger partial charge < -0.3 is 5.11 Å².